The van der Waals surface area contributed by atoms with Crippen molar-refractivity contribution in [1.82, 2.24) is 10.1 Å². The number of rotatable bonds is 2. The van der Waals surface area contributed by atoms with Crippen LogP contribution in [0, 0.1) is 5.41 Å². The van der Waals surface area contributed by atoms with E-state index in [2.05, 4.69) is 24.0 Å². The Morgan fingerprint density at radius 1 is 1.21 bits per heavy atom. The van der Waals surface area contributed by atoms with Crippen LogP contribution in [0.5, 0.6) is 0 Å². The van der Waals surface area contributed by atoms with E-state index in [9.17, 15) is 4.79 Å². The molecule has 3 rings (SSSR count). The van der Waals surface area contributed by atoms with Crippen molar-refractivity contribution in [2.75, 3.05) is 0 Å². The van der Waals surface area contributed by atoms with Crippen LogP contribution in [-0.4, -0.2) is 15.9 Å². The SMILES string of the molecule is CC1(C)CCC(c2noc(C3CCCC3=O)n2)CC1. The minimum Gasteiger partial charge on any atom is -0.339 e. The summed E-state index contributed by atoms with van der Waals surface area (Å²) in [5.74, 6) is 1.94. The molecule has 2 aliphatic carbocycles. The van der Waals surface area contributed by atoms with E-state index in [0.29, 0.717) is 23.6 Å². The van der Waals surface area contributed by atoms with Crippen molar-refractivity contribution in [2.45, 2.75) is 70.6 Å². The van der Waals surface area contributed by atoms with Gasteiger partial charge in [-0.2, -0.15) is 4.98 Å². The van der Waals surface area contributed by atoms with Crippen molar-refractivity contribution in [3.63, 3.8) is 0 Å². The molecule has 0 spiro atoms. The molecular weight excluding hydrogens is 240 g/mol. The molecule has 1 heterocycles. The Bertz CT molecular complexity index is 468. The van der Waals surface area contributed by atoms with Crippen LogP contribution in [0.2, 0.25) is 0 Å². The molecule has 4 heteroatoms. The van der Waals surface area contributed by atoms with E-state index in [1.807, 2.05) is 0 Å². The fourth-order valence-electron chi connectivity index (χ4n) is 3.29. The summed E-state index contributed by atoms with van der Waals surface area (Å²) in [5.41, 5.74) is 0.449. The summed E-state index contributed by atoms with van der Waals surface area (Å²) in [6.07, 6.45) is 7.18. The first-order chi connectivity index (χ1) is 9.05. The summed E-state index contributed by atoms with van der Waals surface area (Å²) in [6, 6.07) is 0. The molecule has 0 amide bonds. The molecule has 0 aromatic carbocycles. The highest BCUT2D eigenvalue weighted by Crippen LogP contribution is 2.42. The average molecular weight is 262 g/mol. The van der Waals surface area contributed by atoms with Gasteiger partial charge in [-0.25, -0.2) is 0 Å². The third kappa shape index (κ3) is 2.58. The number of hydrogen-bond donors (Lipinski definition) is 0. The van der Waals surface area contributed by atoms with E-state index < -0.39 is 0 Å². The number of nitrogens with zero attached hydrogens (tertiary/aromatic N) is 2. The van der Waals surface area contributed by atoms with E-state index in [4.69, 9.17) is 4.52 Å². The van der Waals surface area contributed by atoms with Crippen LogP contribution < -0.4 is 0 Å². The van der Waals surface area contributed by atoms with Crippen LogP contribution >= 0.6 is 0 Å². The van der Waals surface area contributed by atoms with E-state index >= 15 is 0 Å². The van der Waals surface area contributed by atoms with Gasteiger partial charge in [0, 0.05) is 12.3 Å². The normalized spacial score (nSPS) is 27.9. The van der Waals surface area contributed by atoms with Crippen molar-refractivity contribution < 1.29 is 9.32 Å². The van der Waals surface area contributed by atoms with Gasteiger partial charge in [-0.1, -0.05) is 19.0 Å². The standard InChI is InChI=1S/C15H22N2O2/c1-15(2)8-6-10(7-9-15)13-16-14(19-17-13)11-4-3-5-12(11)18/h10-11H,3-9H2,1-2H3. The summed E-state index contributed by atoms with van der Waals surface area (Å²) >= 11 is 0. The monoisotopic (exact) mass is 262 g/mol. The lowest BCUT2D eigenvalue weighted by atomic mass is 9.73. The van der Waals surface area contributed by atoms with Crippen molar-refractivity contribution in [1.29, 1.82) is 0 Å². The largest absolute Gasteiger partial charge is 0.339 e. The predicted octanol–water partition coefficient (Wildman–Crippen LogP) is 3.59. The summed E-state index contributed by atoms with van der Waals surface area (Å²) in [7, 11) is 0. The van der Waals surface area contributed by atoms with Crippen LogP contribution in [0.15, 0.2) is 4.52 Å². The Balaban J connectivity index is 1.70. The van der Waals surface area contributed by atoms with Crippen molar-refractivity contribution in [3.05, 3.63) is 11.7 Å². The second-order valence-electron chi connectivity index (χ2n) is 6.84. The van der Waals surface area contributed by atoms with Crippen LogP contribution in [0.3, 0.4) is 0 Å². The zero-order valence-corrected chi connectivity index (χ0v) is 11.8. The highest BCUT2D eigenvalue weighted by atomic mass is 16.5. The van der Waals surface area contributed by atoms with Crippen molar-refractivity contribution >= 4 is 5.78 Å². The van der Waals surface area contributed by atoms with Gasteiger partial charge in [0.25, 0.3) is 0 Å². The second-order valence-corrected chi connectivity index (χ2v) is 6.84. The number of hydrogen-bond acceptors (Lipinski definition) is 4. The van der Waals surface area contributed by atoms with Crippen LogP contribution in [0.25, 0.3) is 0 Å². The molecule has 104 valence electrons. The molecule has 19 heavy (non-hydrogen) atoms. The zero-order chi connectivity index (χ0) is 13.5. The highest BCUT2D eigenvalue weighted by molar-refractivity contribution is 5.86. The second kappa shape index (κ2) is 4.73. The number of carbonyl (C=O) groups excluding carboxylic acids is 1. The van der Waals surface area contributed by atoms with Gasteiger partial charge in [-0.15, -0.1) is 0 Å². The lowest BCUT2D eigenvalue weighted by Gasteiger charge is -2.32. The topological polar surface area (TPSA) is 56.0 Å². The van der Waals surface area contributed by atoms with E-state index in [0.717, 1.165) is 31.5 Å². The fraction of sp³-hybridized carbons (Fsp3) is 0.800. The first kappa shape index (κ1) is 12.8. The molecule has 4 nitrogen and oxygen atoms in total. The van der Waals surface area contributed by atoms with Crippen LogP contribution in [0.4, 0.5) is 0 Å². The molecule has 0 N–H and O–H groups in total. The van der Waals surface area contributed by atoms with Crippen LogP contribution in [0.1, 0.15) is 82.3 Å². The van der Waals surface area contributed by atoms with E-state index in [1.54, 1.807) is 0 Å². The minimum atomic E-state index is -0.124. The molecule has 1 unspecified atom stereocenters. The van der Waals surface area contributed by atoms with Crippen molar-refractivity contribution in [2.24, 2.45) is 5.41 Å². The number of ketones is 1. The van der Waals surface area contributed by atoms with Gasteiger partial charge in [-0.05, 0) is 43.9 Å². The Labute approximate surface area is 114 Å². The molecule has 0 bridgehead atoms. The lowest BCUT2D eigenvalue weighted by Crippen LogP contribution is -2.20. The predicted molar refractivity (Wildman–Crippen MR) is 70.9 cm³/mol. The summed E-state index contributed by atoms with van der Waals surface area (Å²) in [4.78, 5) is 16.2. The molecule has 2 saturated carbocycles. The number of carbonyl (C=O) groups is 1. The Hall–Kier alpha value is -1.19. The molecule has 0 saturated heterocycles. The molecule has 2 aliphatic rings. The average Bonchev–Trinajstić information content (AvgIpc) is 2.97. The third-order valence-electron chi connectivity index (χ3n) is 4.76. The van der Waals surface area contributed by atoms with E-state index in [-0.39, 0.29) is 11.7 Å². The molecular formula is C15H22N2O2. The lowest BCUT2D eigenvalue weighted by molar-refractivity contribution is -0.119. The summed E-state index contributed by atoms with van der Waals surface area (Å²) in [6.45, 7) is 4.64. The van der Waals surface area contributed by atoms with Gasteiger partial charge in [0.15, 0.2) is 5.82 Å². The molecule has 0 aliphatic heterocycles. The molecule has 1 aromatic rings. The number of aromatic nitrogens is 2. The number of Topliss-reactive ketones (excluding diaryl/α,β-unsaturated/α-hetero) is 1. The Kier molecular flexibility index (Phi) is 3.19. The van der Waals surface area contributed by atoms with Crippen LogP contribution in [-0.2, 0) is 4.79 Å². The first-order valence-corrected chi connectivity index (χ1v) is 7.41. The molecule has 1 aromatic heterocycles. The maximum absolute atomic E-state index is 11.7. The summed E-state index contributed by atoms with van der Waals surface area (Å²) < 4.78 is 5.34. The van der Waals surface area contributed by atoms with Gasteiger partial charge in [-0.3, -0.25) is 4.79 Å². The van der Waals surface area contributed by atoms with Gasteiger partial charge in [0.1, 0.15) is 5.78 Å². The highest BCUT2D eigenvalue weighted by Gasteiger charge is 2.34. The fourth-order valence-corrected chi connectivity index (χ4v) is 3.29. The Morgan fingerprint density at radius 2 is 1.95 bits per heavy atom. The van der Waals surface area contributed by atoms with Crippen molar-refractivity contribution in [3.8, 4) is 0 Å². The maximum atomic E-state index is 11.7. The minimum absolute atomic E-state index is 0.124. The zero-order valence-electron chi connectivity index (χ0n) is 11.8. The van der Waals surface area contributed by atoms with Gasteiger partial charge < -0.3 is 4.52 Å². The Morgan fingerprint density at radius 3 is 2.58 bits per heavy atom. The quantitative estimate of drug-likeness (QED) is 0.817. The smallest absolute Gasteiger partial charge is 0.237 e. The molecule has 0 radical (unpaired) electrons. The van der Waals surface area contributed by atoms with Gasteiger partial charge in [0.05, 0.1) is 5.92 Å². The molecule has 1 atom stereocenters. The molecule has 2 fully saturated rings. The maximum Gasteiger partial charge on any atom is 0.237 e. The third-order valence-corrected chi connectivity index (χ3v) is 4.76. The van der Waals surface area contributed by atoms with Gasteiger partial charge in [0.2, 0.25) is 5.89 Å². The van der Waals surface area contributed by atoms with E-state index in [1.165, 1.54) is 12.8 Å². The summed E-state index contributed by atoms with van der Waals surface area (Å²) in [5, 5.41) is 4.13. The van der Waals surface area contributed by atoms with Gasteiger partial charge >= 0.3 is 0 Å². The first-order valence-electron chi connectivity index (χ1n) is 7.41.